The molecule has 4 nitrogen and oxygen atoms in total. The highest BCUT2D eigenvalue weighted by molar-refractivity contribution is 5.81. The van der Waals surface area contributed by atoms with Crippen molar-refractivity contribution in [2.75, 3.05) is 19.7 Å². The maximum absolute atomic E-state index is 12.2. The van der Waals surface area contributed by atoms with Gasteiger partial charge in [-0.3, -0.25) is 4.79 Å². The third-order valence-corrected chi connectivity index (χ3v) is 5.08. The van der Waals surface area contributed by atoms with E-state index in [-0.39, 0.29) is 0 Å². The molecule has 1 aromatic carbocycles. The molecule has 0 aromatic heterocycles. The van der Waals surface area contributed by atoms with Crippen molar-refractivity contribution in [3.05, 3.63) is 29.8 Å². The summed E-state index contributed by atoms with van der Waals surface area (Å²) in [6.07, 6.45) is 4.27. The fourth-order valence-electron chi connectivity index (χ4n) is 3.45. The first-order valence-electron chi connectivity index (χ1n) is 9.41. The highest BCUT2D eigenvalue weighted by Crippen LogP contribution is 2.32. The zero-order chi connectivity index (χ0) is 16.9. The molecule has 1 heterocycles. The molecule has 4 heteroatoms. The van der Waals surface area contributed by atoms with Crippen molar-refractivity contribution in [1.82, 2.24) is 10.2 Å². The first-order valence-corrected chi connectivity index (χ1v) is 9.41. The number of carbonyl (C=O) groups is 1. The van der Waals surface area contributed by atoms with Crippen LogP contribution in [0.3, 0.4) is 0 Å². The summed E-state index contributed by atoms with van der Waals surface area (Å²) >= 11 is 0. The van der Waals surface area contributed by atoms with Crippen molar-refractivity contribution in [1.29, 1.82) is 0 Å². The standard InChI is InChI=1S/C20H30N2O2/c1-3-11-24-18-6-4-5-16(12-18)13-21-19-9-10-22(14-15(19)2)20(23)17-7-8-17/h4-6,12,15,17,19,21H,3,7-11,13-14H2,1-2H3/t15-,19-/m1/s1. The van der Waals surface area contributed by atoms with Crippen LogP contribution in [0.5, 0.6) is 5.75 Å². The average molecular weight is 330 g/mol. The Labute approximate surface area is 145 Å². The molecular weight excluding hydrogens is 300 g/mol. The second-order valence-electron chi connectivity index (χ2n) is 7.31. The average Bonchev–Trinajstić information content (AvgIpc) is 3.43. The fourth-order valence-corrected chi connectivity index (χ4v) is 3.45. The smallest absolute Gasteiger partial charge is 0.225 e. The first kappa shape index (κ1) is 17.3. The summed E-state index contributed by atoms with van der Waals surface area (Å²) in [6.45, 7) is 7.79. The molecular formula is C20H30N2O2. The minimum absolute atomic E-state index is 0.340. The van der Waals surface area contributed by atoms with E-state index >= 15 is 0 Å². The molecule has 0 unspecified atom stereocenters. The number of nitrogens with one attached hydrogen (secondary N) is 1. The molecule has 24 heavy (non-hydrogen) atoms. The maximum Gasteiger partial charge on any atom is 0.225 e. The van der Waals surface area contributed by atoms with Gasteiger partial charge in [0.25, 0.3) is 0 Å². The molecule has 2 atom stereocenters. The normalized spacial score (nSPS) is 24.0. The van der Waals surface area contributed by atoms with E-state index in [0.717, 1.165) is 57.7 Å². The quantitative estimate of drug-likeness (QED) is 0.835. The molecule has 2 aliphatic rings. The van der Waals surface area contributed by atoms with Crippen molar-refractivity contribution in [2.24, 2.45) is 11.8 Å². The van der Waals surface area contributed by atoms with Crippen LogP contribution in [0.2, 0.25) is 0 Å². The second-order valence-corrected chi connectivity index (χ2v) is 7.31. The SMILES string of the molecule is CCCOc1cccc(CN[C@@H]2CCN(C(=O)C3CC3)C[C@H]2C)c1. The van der Waals surface area contributed by atoms with Gasteiger partial charge in [0.15, 0.2) is 0 Å². The number of ether oxygens (including phenoxy) is 1. The van der Waals surface area contributed by atoms with Crippen molar-refractivity contribution in [2.45, 2.75) is 52.1 Å². The highest BCUT2D eigenvalue weighted by atomic mass is 16.5. The lowest BCUT2D eigenvalue weighted by molar-refractivity contribution is -0.134. The second kappa shape index (κ2) is 8.02. The Morgan fingerprint density at radius 2 is 2.17 bits per heavy atom. The number of carbonyl (C=O) groups excluding carboxylic acids is 1. The van der Waals surface area contributed by atoms with Crippen LogP contribution >= 0.6 is 0 Å². The monoisotopic (exact) mass is 330 g/mol. The van der Waals surface area contributed by atoms with Crippen LogP contribution in [-0.4, -0.2) is 36.5 Å². The third-order valence-electron chi connectivity index (χ3n) is 5.08. The lowest BCUT2D eigenvalue weighted by Gasteiger charge is -2.37. The van der Waals surface area contributed by atoms with Gasteiger partial charge in [-0.2, -0.15) is 0 Å². The van der Waals surface area contributed by atoms with E-state index in [0.29, 0.717) is 23.8 Å². The lowest BCUT2D eigenvalue weighted by Crippen LogP contribution is -2.50. The van der Waals surface area contributed by atoms with E-state index in [2.05, 4.69) is 42.3 Å². The molecule has 132 valence electrons. The van der Waals surface area contributed by atoms with Crippen LogP contribution in [0.15, 0.2) is 24.3 Å². The summed E-state index contributed by atoms with van der Waals surface area (Å²) in [4.78, 5) is 14.3. The number of hydrogen-bond acceptors (Lipinski definition) is 3. The molecule has 1 amide bonds. The van der Waals surface area contributed by atoms with Gasteiger partial charge in [0.2, 0.25) is 5.91 Å². The highest BCUT2D eigenvalue weighted by Gasteiger charge is 2.36. The van der Waals surface area contributed by atoms with E-state index in [9.17, 15) is 4.79 Å². The van der Waals surface area contributed by atoms with E-state index in [1.54, 1.807) is 0 Å². The molecule has 1 aliphatic heterocycles. The Kier molecular flexibility index (Phi) is 5.77. The summed E-state index contributed by atoms with van der Waals surface area (Å²) in [5.41, 5.74) is 1.26. The Hall–Kier alpha value is -1.55. The number of benzene rings is 1. The van der Waals surface area contributed by atoms with Gasteiger partial charge < -0.3 is 15.0 Å². The van der Waals surface area contributed by atoms with Crippen molar-refractivity contribution in [3.63, 3.8) is 0 Å². The third kappa shape index (κ3) is 4.50. The van der Waals surface area contributed by atoms with E-state index in [4.69, 9.17) is 4.74 Å². The Morgan fingerprint density at radius 3 is 2.88 bits per heavy atom. The maximum atomic E-state index is 12.2. The first-order chi connectivity index (χ1) is 11.7. The number of hydrogen-bond donors (Lipinski definition) is 1. The van der Waals surface area contributed by atoms with Gasteiger partial charge >= 0.3 is 0 Å². The van der Waals surface area contributed by atoms with Gasteiger partial charge in [0, 0.05) is 31.6 Å². The van der Waals surface area contributed by atoms with Gasteiger partial charge in [-0.15, -0.1) is 0 Å². The molecule has 1 saturated heterocycles. The zero-order valence-electron chi connectivity index (χ0n) is 15.0. The van der Waals surface area contributed by atoms with E-state index in [1.807, 2.05) is 6.07 Å². The predicted molar refractivity (Wildman–Crippen MR) is 95.9 cm³/mol. The number of amides is 1. The van der Waals surface area contributed by atoms with E-state index in [1.165, 1.54) is 5.56 Å². The molecule has 1 N–H and O–H groups in total. The summed E-state index contributed by atoms with van der Waals surface area (Å²) in [7, 11) is 0. The molecule has 0 bridgehead atoms. The summed E-state index contributed by atoms with van der Waals surface area (Å²) in [5.74, 6) is 2.18. The Balaban J connectivity index is 1.47. The predicted octanol–water partition coefficient (Wildman–Crippen LogP) is 3.21. The Bertz CT molecular complexity index is 556. The van der Waals surface area contributed by atoms with Crippen LogP contribution in [0.4, 0.5) is 0 Å². The van der Waals surface area contributed by atoms with Gasteiger partial charge in [-0.25, -0.2) is 0 Å². The summed E-state index contributed by atoms with van der Waals surface area (Å²) < 4.78 is 5.71. The van der Waals surface area contributed by atoms with Crippen LogP contribution in [0.1, 0.15) is 45.1 Å². The summed E-state index contributed by atoms with van der Waals surface area (Å²) in [6, 6.07) is 8.82. The van der Waals surface area contributed by atoms with Crippen molar-refractivity contribution >= 4 is 5.91 Å². The van der Waals surface area contributed by atoms with Crippen LogP contribution in [-0.2, 0) is 11.3 Å². The number of nitrogens with zero attached hydrogens (tertiary/aromatic N) is 1. The minimum atomic E-state index is 0.340. The van der Waals surface area contributed by atoms with Gasteiger partial charge in [-0.1, -0.05) is 26.0 Å². The van der Waals surface area contributed by atoms with Gasteiger partial charge in [-0.05, 0) is 49.3 Å². The number of rotatable bonds is 7. The molecule has 1 aliphatic carbocycles. The lowest BCUT2D eigenvalue weighted by atomic mass is 9.93. The van der Waals surface area contributed by atoms with Crippen molar-refractivity contribution < 1.29 is 9.53 Å². The summed E-state index contributed by atoms with van der Waals surface area (Å²) in [5, 5.41) is 3.68. The molecule has 3 rings (SSSR count). The number of likely N-dealkylation sites (tertiary alicyclic amines) is 1. The van der Waals surface area contributed by atoms with E-state index < -0.39 is 0 Å². The molecule has 1 aromatic rings. The van der Waals surface area contributed by atoms with Crippen LogP contribution in [0, 0.1) is 11.8 Å². The zero-order valence-corrected chi connectivity index (χ0v) is 15.0. The topological polar surface area (TPSA) is 41.6 Å². The largest absolute Gasteiger partial charge is 0.494 e. The fraction of sp³-hybridized carbons (Fsp3) is 0.650. The van der Waals surface area contributed by atoms with Gasteiger partial charge in [0.1, 0.15) is 5.75 Å². The minimum Gasteiger partial charge on any atom is -0.494 e. The van der Waals surface area contributed by atoms with Gasteiger partial charge in [0.05, 0.1) is 6.61 Å². The van der Waals surface area contributed by atoms with Crippen LogP contribution < -0.4 is 10.1 Å². The Morgan fingerprint density at radius 1 is 1.33 bits per heavy atom. The molecule has 0 radical (unpaired) electrons. The molecule has 1 saturated carbocycles. The molecule has 0 spiro atoms. The molecule has 2 fully saturated rings. The number of piperidine rings is 1. The van der Waals surface area contributed by atoms with Crippen LogP contribution in [0.25, 0.3) is 0 Å². The van der Waals surface area contributed by atoms with Crippen molar-refractivity contribution in [3.8, 4) is 5.75 Å².